The molecule has 1 rings (SSSR count). The quantitative estimate of drug-likeness (QED) is 0.550. The molecule has 0 saturated carbocycles. The van der Waals surface area contributed by atoms with Crippen LogP contribution in [0.2, 0.25) is 12.6 Å². The molecule has 1 fully saturated rings. The molecule has 0 aromatic heterocycles. The van der Waals surface area contributed by atoms with E-state index < -0.39 is 27.4 Å². The Morgan fingerprint density at radius 2 is 1.85 bits per heavy atom. The van der Waals surface area contributed by atoms with Gasteiger partial charge < -0.3 is 12.3 Å². The highest BCUT2D eigenvalue weighted by Crippen LogP contribution is 2.28. The molecule has 1 aliphatic heterocycles. The molecule has 1 atom stereocenters. The monoisotopic (exact) mass is 247 g/mol. The van der Waals surface area contributed by atoms with Crippen molar-refractivity contribution >= 4 is 27.4 Å². The maximum atomic E-state index is 13.1. The number of halogens is 3. The fourth-order valence-electron chi connectivity index (χ4n) is 0.917. The highest BCUT2D eigenvalue weighted by atomic mass is 28.6. The first kappa shape index (κ1) is 11.4. The second-order valence-electron chi connectivity index (χ2n) is 2.73. The lowest BCUT2D eigenvalue weighted by molar-refractivity contribution is 0.133. The van der Waals surface area contributed by atoms with Crippen LogP contribution in [0.25, 0.3) is 0 Å². The van der Waals surface area contributed by atoms with Crippen LogP contribution in [-0.4, -0.2) is 27.4 Å². The summed E-state index contributed by atoms with van der Waals surface area (Å²) in [5, 5.41) is 0. The Labute approximate surface area is 78.7 Å². The Hall–Kier alpha value is 0.321. The van der Waals surface area contributed by atoms with Gasteiger partial charge in [0.05, 0.1) is 0 Å². The van der Waals surface area contributed by atoms with Gasteiger partial charge >= 0.3 is 27.4 Å². The molecule has 1 unspecified atom stereocenters. The van der Waals surface area contributed by atoms with Crippen molar-refractivity contribution in [2.45, 2.75) is 25.9 Å². The number of hydrogen-bond acceptors (Lipinski definition) is 3. The fraction of sp³-hybridized carbons (Fsp3) is 1.00. The van der Waals surface area contributed by atoms with Gasteiger partial charge in [0.1, 0.15) is 0 Å². The lowest BCUT2D eigenvalue weighted by Crippen LogP contribution is -2.58. The third-order valence-corrected chi connectivity index (χ3v) is 8.83. The molecule has 77 valence electrons. The third-order valence-electron chi connectivity index (χ3n) is 1.28. The van der Waals surface area contributed by atoms with Crippen LogP contribution >= 0.6 is 0 Å². The summed E-state index contributed by atoms with van der Waals surface area (Å²) in [7, 11) is -11.5. The van der Waals surface area contributed by atoms with Crippen molar-refractivity contribution in [1.29, 1.82) is 0 Å². The zero-order chi connectivity index (χ0) is 10.1. The Morgan fingerprint density at radius 3 is 2.31 bits per heavy atom. The first-order valence-corrected chi connectivity index (χ1v) is 9.14. The molecule has 1 saturated heterocycles. The van der Waals surface area contributed by atoms with Crippen molar-refractivity contribution in [3.05, 3.63) is 0 Å². The summed E-state index contributed by atoms with van der Waals surface area (Å²) in [6, 6.07) is 0.364. The van der Waals surface area contributed by atoms with Crippen molar-refractivity contribution in [3.8, 4) is 0 Å². The van der Waals surface area contributed by atoms with Crippen molar-refractivity contribution in [1.82, 2.24) is 0 Å². The molecule has 0 spiro atoms. The van der Waals surface area contributed by atoms with Crippen LogP contribution in [-0.2, 0) is 12.3 Å². The van der Waals surface area contributed by atoms with E-state index in [2.05, 4.69) is 8.23 Å². The van der Waals surface area contributed by atoms with E-state index in [9.17, 15) is 12.3 Å². The van der Waals surface area contributed by atoms with Gasteiger partial charge in [0.15, 0.2) is 0 Å². The molecule has 0 aromatic rings. The molecule has 9 heteroatoms. The molecular formula is C4H10F3O3Si3. The minimum Gasteiger partial charge on any atom is -0.390 e. The topological polar surface area (TPSA) is 27.7 Å². The lowest BCUT2D eigenvalue weighted by atomic mass is 10.6. The SMILES string of the molecule is CCC[Si]1O[Si](C)(F)O[Si](F)(F)O1. The Bertz CT molecular complexity index is 175. The summed E-state index contributed by atoms with van der Waals surface area (Å²) in [5.41, 5.74) is 0. The van der Waals surface area contributed by atoms with E-state index in [1.807, 2.05) is 0 Å². The van der Waals surface area contributed by atoms with E-state index in [4.69, 9.17) is 4.12 Å². The fourth-order valence-corrected chi connectivity index (χ4v) is 8.15. The molecule has 0 amide bonds. The van der Waals surface area contributed by atoms with Crippen LogP contribution in [0, 0.1) is 0 Å². The van der Waals surface area contributed by atoms with Crippen molar-refractivity contribution in [2.24, 2.45) is 0 Å². The third kappa shape index (κ3) is 3.52. The van der Waals surface area contributed by atoms with Gasteiger partial charge in [0.2, 0.25) is 0 Å². The van der Waals surface area contributed by atoms with Crippen LogP contribution in [0.15, 0.2) is 0 Å². The van der Waals surface area contributed by atoms with Crippen LogP contribution in [0.5, 0.6) is 0 Å². The zero-order valence-corrected chi connectivity index (χ0v) is 10.3. The van der Waals surface area contributed by atoms with Gasteiger partial charge in [-0.15, -0.1) is 0 Å². The van der Waals surface area contributed by atoms with Gasteiger partial charge in [-0.2, -0.15) is 0 Å². The molecule has 0 N–H and O–H groups in total. The molecule has 0 aromatic carbocycles. The predicted octanol–water partition coefficient (Wildman–Crippen LogP) is 1.86. The van der Waals surface area contributed by atoms with Gasteiger partial charge in [-0.1, -0.05) is 13.3 Å². The van der Waals surface area contributed by atoms with Gasteiger partial charge in [0.25, 0.3) is 0 Å². The van der Waals surface area contributed by atoms with Gasteiger partial charge in [0, 0.05) is 6.55 Å². The van der Waals surface area contributed by atoms with E-state index in [0.29, 0.717) is 12.5 Å². The summed E-state index contributed by atoms with van der Waals surface area (Å²) >= 11 is 0. The molecular weight excluding hydrogens is 237 g/mol. The minimum atomic E-state index is -5.22. The average molecular weight is 247 g/mol. The standard InChI is InChI=1S/C4H10F3O3Si3/c1-3-4-11-8-12(2,5)10-13(6,7)9-11/h3-4H2,1-2H3. The van der Waals surface area contributed by atoms with Crippen molar-refractivity contribution in [3.63, 3.8) is 0 Å². The largest absolute Gasteiger partial charge is 0.744 e. The molecule has 0 bridgehead atoms. The predicted molar refractivity (Wildman–Crippen MR) is 44.8 cm³/mol. The molecule has 1 heterocycles. The van der Waals surface area contributed by atoms with Crippen molar-refractivity contribution in [2.75, 3.05) is 0 Å². The maximum Gasteiger partial charge on any atom is 0.744 e. The first-order valence-electron chi connectivity index (χ1n) is 3.85. The lowest BCUT2D eigenvalue weighted by Gasteiger charge is -2.32. The van der Waals surface area contributed by atoms with Gasteiger partial charge in [-0.05, 0) is 6.04 Å². The Balaban J connectivity index is 2.61. The van der Waals surface area contributed by atoms with Gasteiger partial charge in [-0.25, -0.2) is 12.3 Å². The first-order chi connectivity index (χ1) is 5.85. The molecule has 1 aliphatic rings. The Kier molecular flexibility index (Phi) is 3.35. The Morgan fingerprint density at radius 1 is 1.23 bits per heavy atom. The van der Waals surface area contributed by atoms with Crippen LogP contribution in [0.3, 0.4) is 0 Å². The maximum absolute atomic E-state index is 13.1. The van der Waals surface area contributed by atoms with Crippen LogP contribution in [0.1, 0.15) is 13.3 Å². The smallest absolute Gasteiger partial charge is 0.390 e. The summed E-state index contributed by atoms with van der Waals surface area (Å²) < 4.78 is 51.5. The summed E-state index contributed by atoms with van der Waals surface area (Å²) in [6.07, 6.45) is 0.642. The average Bonchev–Trinajstić information content (AvgIpc) is 1.78. The van der Waals surface area contributed by atoms with E-state index in [1.54, 1.807) is 6.92 Å². The van der Waals surface area contributed by atoms with Crippen LogP contribution < -0.4 is 0 Å². The summed E-state index contributed by atoms with van der Waals surface area (Å²) in [4.78, 5) is 0. The number of rotatable bonds is 2. The minimum absolute atomic E-state index is 0.364. The highest BCUT2D eigenvalue weighted by molar-refractivity contribution is 6.81. The molecule has 1 radical (unpaired) electrons. The second-order valence-corrected chi connectivity index (χ2v) is 9.02. The molecule has 0 aliphatic carbocycles. The van der Waals surface area contributed by atoms with Crippen molar-refractivity contribution < 1.29 is 24.7 Å². The van der Waals surface area contributed by atoms with E-state index in [1.165, 1.54) is 0 Å². The number of hydrogen-bond donors (Lipinski definition) is 0. The van der Waals surface area contributed by atoms with E-state index in [-0.39, 0.29) is 0 Å². The van der Waals surface area contributed by atoms with Gasteiger partial charge in [-0.3, -0.25) is 0 Å². The molecule has 13 heavy (non-hydrogen) atoms. The zero-order valence-electron chi connectivity index (χ0n) is 7.27. The highest BCUT2D eigenvalue weighted by Gasteiger charge is 2.60. The summed E-state index contributed by atoms with van der Waals surface area (Å²) in [5.74, 6) is 0. The molecule has 3 nitrogen and oxygen atoms in total. The van der Waals surface area contributed by atoms with E-state index in [0.717, 1.165) is 6.55 Å². The van der Waals surface area contributed by atoms with E-state index >= 15 is 0 Å². The normalized spacial score (nSPS) is 34.8. The summed E-state index contributed by atoms with van der Waals surface area (Å²) in [6.45, 7) is 2.77. The van der Waals surface area contributed by atoms with Crippen LogP contribution in [0.4, 0.5) is 12.3 Å². The second kappa shape index (κ2) is 3.82.